The maximum absolute atomic E-state index is 12.1. The molecule has 0 aliphatic heterocycles. The molecule has 2 aromatic carbocycles. The summed E-state index contributed by atoms with van der Waals surface area (Å²) in [5.74, 6) is -1.46. The Hall–Kier alpha value is -3.59. The number of nitrogens with zero attached hydrogens (tertiary/aromatic N) is 1. The van der Waals surface area contributed by atoms with E-state index in [9.17, 15) is 14.4 Å². The van der Waals surface area contributed by atoms with Crippen LogP contribution in [-0.2, 0) is 14.4 Å². The number of benzene rings is 2. The highest BCUT2D eigenvalue weighted by atomic mass is 35.5. The lowest BCUT2D eigenvalue weighted by atomic mass is 10.2. The molecule has 0 saturated carbocycles. The summed E-state index contributed by atoms with van der Waals surface area (Å²) in [6.45, 7) is 1.55. The van der Waals surface area contributed by atoms with E-state index in [1.54, 1.807) is 43.3 Å². The molecule has 3 N–H and O–H groups in total. The highest BCUT2D eigenvalue weighted by Gasteiger charge is 2.16. The van der Waals surface area contributed by atoms with Gasteiger partial charge in [-0.3, -0.25) is 14.4 Å². The fourth-order valence-electron chi connectivity index (χ4n) is 2.30. The largest absolute Gasteiger partial charge is 0.497 e. The zero-order valence-corrected chi connectivity index (χ0v) is 17.4. The number of nitrogens with one attached hydrogen (secondary N) is 3. The number of rotatable bonds is 7. The first-order chi connectivity index (χ1) is 14.3. The standard InChI is InChI=1S/C20H21ClN4O5/c1-12(10-18(26)22-14-6-4-13(21)5-7-14)24-25-20(28)19(27)23-16-11-15(29-2)8-9-17(16)30-3/h4-9,11H,10H2,1-3H3,(H,22,26)(H,23,27)(H,25,28)/b24-12-. The Morgan fingerprint density at radius 1 is 0.967 bits per heavy atom. The Morgan fingerprint density at radius 2 is 1.67 bits per heavy atom. The van der Waals surface area contributed by atoms with Gasteiger partial charge >= 0.3 is 11.8 Å². The van der Waals surface area contributed by atoms with E-state index in [4.69, 9.17) is 21.1 Å². The van der Waals surface area contributed by atoms with Gasteiger partial charge in [0.25, 0.3) is 0 Å². The molecule has 3 amide bonds. The molecule has 0 atom stereocenters. The van der Waals surface area contributed by atoms with Crippen LogP contribution >= 0.6 is 11.6 Å². The maximum Gasteiger partial charge on any atom is 0.329 e. The van der Waals surface area contributed by atoms with E-state index in [0.29, 0.717) is 27.9 Å². The predicted octanol–water partition coefficient (Wildman–Crippen LogP) is 2.82. The molecular weight excluding hydrogens is 412 g/mol. The quantitative estimate of drug-likeness (QED) is 0.353. The average Bonchev–Trinajstić information content (AvgIpc) is 2.73. The molecule has 0 heterocycles. The molecule has 0 saturated heterocycles. The van der Waals surface area contributed by atoms with Crippen LogP contribution in [0, 0.1) is 0 Å². The Balaban J connectivity index is 1.90. The number of ether oxygens (including phenoxy) is 2. The number of amides is 3. The van der Waals surface area contributed by atoms with E-state index < -0.39 is 11.8 Å². The van der Waals surface area contributed by atoms with Crippen molar-refractivity contribution in [1.29, 1.82) is 0 Å². The van der Waals surface area contributed by atoms with Crippen molar-refractivity contribution in [2.75, 3.05) is 24.9 Å². The second kappa shape index (κ2) is 10.8. The van der Waals surface area contributed by atoms with Gasteiger partial charge in [-0.1, -0.05) is 11.6 Å². The van der Waals surface area contributed by atoms with Crippen molar-refractivity contribution in [3.8, 4) is 11.5 Å². The summed E-state index contributed by atoms with van der Waals surface area (Å²) in [7, 11) is 2.90. The van der Waals surface area contributed by atoms with Crippen LogP contribution in [0.3, 0.4) is 0 Å². The first kappa shape index (κ1) is 22.7. The van der Waals surface area contributed by atoms with Gasteiger partial charge in [-0.2, -0.15) is 5.10 Å². The highest BCUT2D eigenvalue weighted by molar-refractivity contribution is 6.39. The molecule has 0 spiro atoms. The van der Waals surface area contributed by atoms with Crippen LogP contribution in [-0.4, -0.2) is 37.7 Å². The van der Waals surface area contributed by atoms with Crippen LogP contribution in [0.5, 0.6) is 11.5 Å². The minimum atomic E-state index is -1.00. The van der Waals surface area contributed by atoms with E-state index in [2.05, 4.69) is 21.2 Å². The number of halogens is 1. The summed E-state index contributed by atoms with van der Waals surface area (Å²) < 4.78 is 10.2. The summed E-state index contributed by atoms with van der Waals surface area (Å²) in [6.07, 6.45) is -0.0752. The van der Waals surface area contributed by atoms with Gasteiger partial charge in [0.1, 0.15) is 11.5 Å². The predicted molar refractivity (Wildman–Crippen MR) is 114 cm³/mol. The van der Waals surface area contributed by atoms with E-state index >= 15 is 0 Å². The Bertz CT molecular complexity index is 960. The normalized spacial score (nSPS) is 10.7. The fraction of sp³-hybridized carbons (Fsp3) is 0.200. The van der Waals surface area contributed by atoms with Gasteiger partial charge < -0.3 is 20.1 Å². The molecule has 0 bridgehead atoms. The van der Waals surface area contributed by atoms with Crippen LogP contribution in [0.2, 0.25) is 5.02 Å². The average molecular weight is 433 g/mol. The summed E-state index contributed by atoms with van der Waals surface area (Å²) in [5, 5.41) is 9.42. The minimum Gasteiger partial charge on any atom is -0.497 e. The van der Waals surface area contributed by atoms with E-state index in [1.165, 1.54) is 20.3 Å². The first-order valence-corrected chi connectivity index (χ1v) is 9.12. The van der Waals surface area contributed by atoms with Gasteiger partial charge in [0, 0.05) is 22.5 Å². The van der Waals surface area contributed by atoms with Crippen LogP contribution in [0.4, 0.5) is 11.4 Å². The van der Waals surface area contributed by atoms with Gasteiger partial charge in [-0.15, -0.1) is 0 Å². The summed E-state index contributed by atoms with van der Waals surface area (Å²) >= 11 is 5.79. The highest BCUT2D eigenvalue weighted by Crippen LogP contribution is 2.28. The second-order valence-corrected chi connectivity index (χ2v) is 6.48. The number of anilines is 2. The molecule has 0 aliphatic rings. The van der Waals surface area contributed by atoms with Crippen molar-refractivity contribution in [2.24, 2.45) is 5.10 Å². The lowest BCUT2D eigenvalue weighted by molar-refractivity contribution is -0.136. The molecule has 0 aromatic heterocycles. The van der Waals surface area contributed by atoms with Crippen LogP contribution in [0.25, 0.3) is 0 Å². The molecule has 0 aliphatic carbocycles. The van der Waals surface area contributed by atoms with Crippen LogP contribution in [0.1, 0.15) is 13.3 Å². The Kier molecular flexibility index (Phi) is 8.18. The number of carbonyl (C=O) groups excluding carboxylic acids is 3. The Morgan fingerprint density at radius 3 is 2.30 bits per heavy atom. The molecule has 2 rings (SSSR count). The van der Waals surface area contributed by atoms with Crippen molar-refractivity contribution in [2.45, 2.75) is 13.3 Å². The third-order valence-corrected chi connectivity index (χ3v) is 4.01. The van der Waals surface area contributed by atoms with Crippen molar-refractivity contribution < 1.29 is 23.9 Å². The van der Waals surface area contributed by atoms with Crippen molar-refractivity contribution in [3.63, 3.8) is 0 Å². The number of methoxy groups -OCH3 is 2. The monoisotopic (exact) mass is 432 g/mol. The lowest BCUT2D eigenvalue weighted by Crippen LogP contribution is -2.33. The Labute approximate surface area is 178 Å². The number of hydrazone groups is 1. The SMILES string of the molecule is COc1ccc(OC)c(NC(=O)C(=O)N/N=C(/C)CC(=O)Nc2ccc(Cl)cc2)c1. The van der Waals surface area contributed by atoms with Crippen molar-refractivity contribution >= 4 is 46.4 Å². The molecule has 2 aromatic rings. The third kappa shape index (κ3) is 6.78. The van der Waals surface area contributed by atoms with Crippen molar-refractivity contribution in [3.05, 3.63) is 47.5 Å². The topological polar surface area (TPSA) is 118 Å². The number of hydrogen-bond acceptors (Lipinski definition) is 6. The first-order valence-electron chi connectivity index (χ1n) is 8.74. The molecule has 158 valence electrons. The van der Waals surface area contributed by atoms with Gasteiger partial charge in [-0.05, 0) is 43.3 Å². The summed E-state index contributed by atoms with van der Waals surface area (Å²) in [4.78, 5) is 36.1. The molecule has 9 nitrogen and oxygen atoms in total. The summed E-state index contributed by atoms with van der Waals surface area (Å²) in [5.41, 5.74) is 3.26. The van der Waals surface area contributed by atoms with E-state index in [1.807, 2.05) is 0 Å². The van der Waals surface area contributed by atoms with E-state index in [-0.39, 0.29) is 18.0 Å². The molecule has 30 heavy (non-hydrogen) atoms. The van der Waals surface area contributed by atoms with Crippen LogP contribution < -0.4 is 25.5 Å². The second-order valence-electron chi connectivity index (χ2n) is 6.04. The van der Waals surface area contributed by atoms with Gasteiger partial charge in [0.05, 0.1) is 26.3 Å². The van der Waals surface area contributed by atoms with E-state index in [0.717, 1.165) is 0 Å². The fourth-order valence-corrected chi connectivity index (χ4v) is 2.42. The molecule has 0 unspecified atom stereocenters. The van der Waals surface area contributed by atoms with Gasteiger partial charge in [0.15, 0.2) is 0 Å². The number of hydrogen-bond donors (Lipinski definition) is 3. The van der Waals surface area contributed by atoms with Crippen molar-refractivity contribution in [1.82, 2.24) is 5.43 Å². The molecule has 0 fully saturated rings. The van der Waals surface area contributed by atoms with Crippen LogP contribution in [0.15, 0.2) is 47.6 Å². The summed E-state index contributed by atoms with van der Waals surface area (Å²) in [6, 6.07) is 11.4. The molecular formula is C20H21ClN4O5. The zero-order chi connectivity index (χ0) is 22.1. The third-order valence-electron chi connectivity index (χ3n) is 3.75. The van der Waals surface area contributed by atoms with Gasteiger partial charge in [-0.25, -0.2) is 5.43 Å². The van der Waals surface area contributed by atoms with Gasteiger partial charge in [0.2, 0.25) is 5.91 Å². The molecule has 0 radical (unpaired) electrons. The zero-order valence-electron chi connectivity index (χ0n) is 16.6. The lowest BCUT2D eigenvalue weighted by Gasteiger charge is -2.11. The number of carbonyl (C=O) groups is 3. The smallest absolute Gasteiger partial charge is 0.329 e. The molecule has 10 heteroatoms. The maximum atomic E-state index is 12.1. The minimum absolute atomic E-state index is 0.0752.